The predicted octanol–water partition coefficient (Wildman–Crippen LogP) is 3.00. The van der Waals surface area contributed by atoms with Crippen LogP contribution in [0.4, 0.5) is 5.69 Å². The standard InChI is InChI=1S/C21H23N5O/c22-17-6-9-23-20(13-17)21(27)26-10-7-16(8-11-26)19-14-18(24-25-19)12-15-4-2-1-3-5-15/h1-6,9,13-14,16H,7-8,10-12H2,(H2,22,23)(H,24,25). The molecule has 138 valence electrons. The third-order valence-electron chi connectivity index (χ3n) is 5.09. The molecule has 1 aromatic carbocycles. The van der Waals surface area contributed by atoms with E-state index in [2.05, 4.69) is 45.5 Å². The molecule has 0 atom stereocenters. The summed E-state index contributed by atoms with van der Waals surface area (Å²) in [5, 5.41) is 7.68. The van der Waals surface area contributed by atoms with Crippen LogP contribution in [-0.2, 0) is 6.42 Å². The number of amides is 1. The molecular weight excluding hydrogens is 338 g/mol. The van der Waals surface area contributed by atoms with Gasteiger partial charge in [0.1, 0.15) is 5.69 Å². The highest BCUT2D eigenvalue weighted by Crippen LogP contribution is 2.28. The molecule has 6 nitrogen and oxygen atoms in total. The minimum Gasteiger partial charge on any atom is -0.399 e. The summed E-state index contributed by atoms with van der Waals surface area (Å²) in [5.41, 5.74) is 10.2. The number of carbonyl (C=O) groups excluding carboxylic acids is 1. The number of nitrogens with one attached hydrogen (secondary N) is 1. The molecule has 0 radical (unpaired) electrons. The van der Waals surface area contributed by atoms with Crippen LogP contribution in [0.1, 0.15) is 46.2 Å². The third kappa shape index (κ3) is 4.00. The monoisotopic (exact) mass is 361 g/mol. The number of hydrogen-bond donors (Lipinski definition) is 2. The maximum atomic E-state index is 12.6. The maximum absolute atomic E-state index is 12.6. The molecule has 0 bridgehead atoms. The van der Waals surface area contributed by atoms with Crippen molar-refractivity contribution in [1.82, 2.24) is 20.1 Å². The number of benzene rings is 1. The molecule has 0 saturated carbocycles. The molecular formula is C21H23N5O. The summed E-state index contributed by atoms with van der Waals surface area (Å²) in [6.45, 7) is 1.42. The van der Waals surface area contributed by atoms with Crippen LogP contribution >= 0.6 is 0 Å². The predicted molar refractivity (Wildman–Crippen MR) is 104 cm³/mol. The highest BCUT2D eigenvalue weighted by atomic mass is 16.2. The van der Waals surface area contributed by atoms with Gasteiger partial charge in [-0.05, 0) is 36.6 Å². The van der Waals surface area contributed by atoms with E-state index in [0.717, 1.165) is 30.7 Å². The van der Waals surface area contributed by atoms with E-state index in [4.69, 9.17) is 5.73 Å². The number of anilines is 1. The number of piperidine rings is 1. The molecule has 0 spiro atoms. The normalized spacial score (nSPS) is 15.0. The summed E-state index contributed by atoms with van der Waals surface area (Å²) >= 11 is 0. The minimum atomic E-state index is -0.0486. The van der Waals surface area contributed by atoms with Gasteiger partial charge < -0.3 is 10.6 Å². The van der Waals surface area contributed by atoms with E-state index >= 15 is 0 Å². The second-order valence-corrected chi connectivity index (χ2v) is 7.02. The number of likely N-dealkylation sites (tertiary alicyclic amines) is 1. The fourth-order valence-electron chi connectivity index (χ4n) is 3.60. The van der Waals surface area contributed by atoms with Crippen molar-refractivity contribution < 1.29 is 4.79 Å². The van der Waals surface area contributed by atoms with Gasteiger partial charge in [-0.25, -0.2) is 0 Å². The van der Waals surface area contributed by atoms with Crippen molar-refractivity contribution in [1.29, 1.82) is 0 Å². The molecule has 1 fully saturated rings. The van der Waals surface area contributed by atoms with Gasteiger partial charge in [0.25, 0.3) is 5.91 Å². The Morgan fingerprint density at radius 2 is 1.93 bits per heavy atom. The maximum Gasteiger partial charge on any atom is 0.272 e. The van der Waals surface area contributed by atoms with E-state index in [1.54, 1.807) is 18.3 Å². The van der Waals surface area contributed by atoms with Gasteiger partial charge in [0.05, 0.1) is 5.69 Å². The Kier molecular flexibility index (Phi) is 4.87. The summed E-state index contributed by atoms with van der Waals surface area (Å²) in [6.07, 6.45) is 4.24. The van der Waals surface area contributed by atoms with Gasteiger partial charge in [-0.1, -0.05) is 30.3 Å². The number of hydrogen-bond acceptors (Lipinski definition) is 4. The molecule has 3 aromatic rings. The highest BCUT2D eigenvalue weighted by Gasteiger charge is 2.26. The number of pyridine rings is 1. The Bertz CT molecular complexity index is 913. The van der Waals surface area contributed by atoms with Crippen LogP contribution in [0, 0.1) is 0 Å². The first-order valence-corrected chi connectivity index (χ1v) is 9.28. The molecule has 4 rings (SSSR count). The first kappa shape index (κ1) is 17.3. The summed E-state index contributed by atoms with van der Waals surface area (Å²) in [5.74, 6) is 0.330. The average Bonchev–Trinajstić information content (AvgIpc) is 3.17. The quantitative estimate of drug-likeness (QED) is 0.748. The highest BCUT2D eigenvalue weighted by molar-refractivity contribution is 5.93. The summed E-state index contributed by atoms with van der Waals surface area (Å²) in [7, 11) is 0. The fraction of sp³-hybridized carbons (Fsp3) is 0.286. The second-order valence-electron chi connectivity index (χ2n) is 7.02. The number of aromatic amines is 1. The first-order chi connectivity index (χ1) is 13.2. The number of carbonyl (C=O) groups is 1. The van der Waals surface area contributed by atoms with Crippen molar-refractivity contribution in [3.63, 3.8) is 0 Å². The van der Waals surface area contributed by atoms with Gasteiger partial charge in [0.15, 0.2) is 0 Å². The third-order valence-corrected chi connectivity index (χ3v) is 5.09. The van der Waals surface area contributed by atoms with Crippen LogP contribution < -0.4 is 5.73 Å². The van der Waals surface area contributed by atoms with Gasteiger partial charge in [-0.3, -0.25) is 14.9 Å². The number of nitrogens with zero attached hydrogens (tertiary/aromatic N) is 3. The van der Waals surface area contributed by atoms with Crippen molar-refractivity contribution in [2.75, 3.05) is 18.8 Å². The van der Waals surface area contributed by atoms with E-state index in [1.807, 2.05) is 11.0 Å². The Morgan fingerprint density at radius 3 is 2.67 bits per heavy atom. The molecule has 27 heavy (non-hydrogen) atoms. The Labute approximate surface area is 158 Å². The zero-order valence-electron chi connectivity index (χ0n) is 15.1. The summed E-state index contributed by atoms with van der Waals surface area (Å²) < 4.78 is 0. The van der Waals surface area contributed by atoms with Crippen LogP contribution in [0.15, 0.2) is 54.7 Å². The number of rotatable bonds is 4. The zero-order valence-corrected chi connectivity index (χ0v) is 15.1. The topological polar surface area (TPSA) is 87.9 Å². The Morgan fingerprint density at radius 1 is 1.15 bits per heavy atom. The largest absolute Gasteiger partial charge is 0.399 e. The molecule has 1 amide bonds. The molecule has 3 N–H and O–H groups in total. The van der Waals surface area contributed by atoms with Crippen LogP contribution in [0.25, 0.3) is 0 Å². The minimum absolute atomic E-state index is 0.0486. The molecule has 1 aliphatic rings. The van der Waals surface area contributed by atoms with Crippen LogP contribution in [0.3, 0.4) is 0 Å². The summed E-state index contributed by atoms with van der Waals surface area (Å²) in [4.78, 5) is 18.6. The van der Waals surface area contributed by atoms with Gasteiger partial charge in [0, 0.05) is 43.0 Å². The van der Waals surface area contributed by atoms with Crippen molar-refractivity contribution in [3.8, 4) is 0 Å². The average molecular weight is 361 g/mol. The van der Waals surface area contributed by atoms with Crippen LogP contribution in [-0.4, -0.2) is 39.1 Å². The molecule has 2 aromatic heterocycles. The second kappa shape index (κ2) is 7.61. The molecule has 6 heteroatoms. The SMILES string of the molecule is Nc1ccnc(C(=O)N2CCC(c3cc(Cc4ccccc4)[nH]n3)CC2)c1. The Hall–Kier alpha value is -3.15. The fourth-order valence-corrected chi connectivity index (χ4v) is 3.60. The number of nitrogens with two attached hydrogens (primary N) is 1. The van der Waals surface area contributed by atoms with Crippen molar-refractivity contribution in [2.45, 2.75) is 25.2 Å². The lowest BCUT2D eigenvalue weighted by Gasteiger charge is -2.31. The molecule has 0 unspecified atom stereocenters. The molecule has 3 heterocycles. The van der Waals surface area contributed by atoms with Crippen LogP contribution in [0.2, 0.25) is 0 Å². The number of nitrogen functional groups attached to an aromatic ring is 1. The van der Waals surface area contributed by atoms with E-state index in [0.29, 0.717) is 30.4 Å². The molecule has 0 aliphatic carbocycles. The zero-order chi connectivity index (χ0) is 18.6. The van der Waals surface area contributed by atoms with Gasteiger partial charge in [0.2, 0.25) is 0 Å². The lowest BCUT2D eigenvalue weighted by molar-refractivity contribution is 0.0706. The lowest BCUT2D eigenvalue weighted by Crippen LogP contribution is -2.38. The summed E-state index contributed by atoms with van der Waals surface area (Å²) in [6, 6.07) is 15.9. The van der Waals surface area contributed by atoms with Gasteiger partial charge in [-0.2, -0.15) is 5.10 Å². The molecule has 1 saturated heterocycles. The van der Waals surface area contributed by atoms with Crippen molar-refractivity contribution >= 4 is 11.6 Å². The smallest absolute Gasteiger partial charge is 0.272 e. The Balaban J connectivity index is 1.36. The number of aromatic nitrogens is 3. The van der Waals surface area contributed by atoms with Crippen molar-refractivity contribution in [2.24, 2.45) is 0 Å². The van der Waals surface area contributed by atoms with Crippen LogP contribution in [0.5, 0.6) is 0 Å². The van der Waals surface area contributed by atoms with Crippen molar-refractivity contribution in [3.05, 3.63) is 77.4 Å². The number of H-pyrrole nitrogens is 1. The molecule has 1 aliphatic heterocycles. The van der Waals surface area contributed by atoms with Gasteiger partial charge in [-0.15, -0.1) is 0 Å². The van der Waals surface area contributed by atoms with Gasteiger partial charge >= 0.3 is 0 Å². The first-order valence-electron chi connectivity index (χ1n) is 9.28. The van der Waals surface area contributed by atoms with E-state index in [-0.39, 0.29) is 5.91 Å². The van der Waals surface area contributed by atoms with E-state index in [1.165, 1.54) is 5.56 Å². The van der Waals surface area contributed by atoms with E-state index < -0.39 is 0 Å². The lowest BCUT2D eigenvalue weighted by atomic mass is 9.93. The van der Waals surface area contributed by atoms with E-state index in [9.17, 15) is 4.79 Å².